The minimum Gasteiger partial charge on any atom is -0.326 e. The number of nitrogens with two attached hydrogens (primary N) is 1. The molecule has 0 amide bonds. The summed E-state index contributed by atoms with van der Waals surface area (Å²) >= 11 is 0. The predicted molar refractivity (Wildman–Crippen MR) is 74.1 cm³/mol. The van der Waals surface area contributed by atoms with E-state index in [0.29, 0.717) is 12.1 Å². The van der Waals surface area contributed by atoms with Crippen LogP contribution in [0.2, 0.25) is 0 Å². The summed E-state index contributed by atoms with van der Waals surface area (Å²) in [5.74, 6) is 0.935. The maximum Gasteiger partial charge on any atom is 0.0249 e. The molecular formula is C15H30N2. The molecule has 2 N–H and O–H groups in total. The summed E-state index contributed by atoms with van der Waals surface area (Å²) in [5.41, 5.74) is 6.38. The van der Waals surface area contributed by atoms with Crippen molar-refractivity contribution in [2.75, 3.05) is 13.1 Å². The highest BCUT2D eigenvalue weighted by Gasteiger charge is 2.31. The van der Waals surface area contributed by atoms with Crippen molar-refractivity contribution in [2.45, 2.75) is 76.8 Å². The zero-order valence-electron chi connectivity index (χ0n) is 11.5. The zero-order chi connectivity index (χ0) is 12.1. The third-order valence-corrected chi connectivity index (χ3v) is 4.91. The van der Waals surface area contributed by atoms with Crippen molar-refractivity contribution in [1.82, 2.24) is 4.90 Å². The second-order valence-corrected chi connectivity index (χ2v) is 6.12. The van der Waals surface area contributed by atoms with Gasteiger partial charge in [-0.15, -0.1) is 0 Å². The van der Waals surface area contributed by atoms with Gasteiger partial charge in [-0.1, -0.05) is 32.6 Å². The van der Waals surface area contributed by atoms with Crippen LogP contribution in [0.5, 0.6) is 0 Å². The molecule has 1 heterocycles. The van der Waals surface area contributed by atoms with Gasteiger partial charge in [-0.3, -0.25) is 4.90 Å². The molecule has 0 bridgehead atoms. The van der Waals surface area contributed by atoms with Crippen LogP contribution in [-0.2, 0) is 0 Å². The van der Waals surface area contributed by atoms with Crippen LogP contribution in [0.1, 0.15) is 64.7 Å². The van der Waals surface area contributed by atoms with Crippen LogP contribution in [0.15, 0.2) is 0 Å². The molecule has 100 valence electrons. The number of hydrogen-bond acceptors (Lipinski definition) is 2. The molecule has 2 heteroatoms. The Labute approximate surface area is 107 Å². The van der Waals surface area contributed by atoms with Crippen molar-refractivity contribution in [2.24, 2.45) is 11.7 Å². The van der Waals surface area contributed by atoms with Crippen LogP contribution in [0.25, 0.3) is 0 Å². The van der Waals surface area contributed by atoms with Crippen LogP contribution in [0.3, 0.4) is 0 Å². The van der Waals surface area contributed by atoms with Gasteiger partial charge in [0.15, 0.2) is 0 Å². The SMILES string of the molecule is CCC1CCC(N)C(N2CCCCCCC2)C1. The minimum absolute atomic E-state index is 0.442. The predicted octanol–water partition coefficient (Wildman–Crippen LogP) is 3.16. The van der Waals surface area contributed by atoms with E-state index < -0.39 is 0 Å². The first-order valence-corrected chi connectivity index (χ1v) is 7.81. The lowest BCUT2D eigenvalue weighted by Gasteiger charge is -2.42. The molecule has 1 saturated heterocycles. The molecule has 17 heavy (non-hydrogen) atoms. The maximum absolute atomic E-state index is 6.38. The monoisotopic (exact) mass is 238 g/mol. The van der Waals surface area contributed by atoms with Gasteiger partial charge in [0, 0.05) is 12.1 Å². The molecule has 1 saturated carbocycles. The van der Waals surface area contributed by atoms with Crippen LogP contribution >= 0.6 is 0 Å². The van der Waals surface area contributed by atoms with E-state index in [4.69, 9.17) is 5.73 Å². The standard InChI is InChI=1S/C15H30N2/c1-2-13-8-9-14(16)15(12-13)17-10-6-4-3-5-7-11-17/h13-15H,2-12,16H2,1H3. The van der Waals surface area contributed by atoms with Gasteiger partial charge in [-0.25, -0.2) is 0 Å². The Hall–Kier alpha value is -0.0800. The first-order chi connectivity index (χ1) is 8.31. The Morgan fingerprint density at radius 3 is 2.29 bits per heavy atom. The van der Waals surface area contributed by atoms with Gasteiger partial charge in [-0.2, -0.15) is 0 Å². The van der Waals surface area contributed by atoms with Gasteiger partial charge >= 0.3 is 0 Å². The summed E-state index contributed by atoms with van der Waals surface area (Å²) in [7, 11) is 0. The van der Waals surface area contributed by atoms with E-state index in [1.807, 2.05) is 0 Å². The Kier molecular flexibility index (Phi) is 5.30. The molecule has 2 aliphatic rings. The third-order valence-electron chi connectivity index (χ3n) is 4.91. The molecule has 3 unspecified atom stereocenters. The zero-order valence-corrected chi connectivity index (χ0v) is 11.5. The molecule has 0 spiro atoms. The van der Waals surface area contributed by atoms with Gasteiger partial charge in [0.1, 0.15) is 0 Å². The number of rotatable bonds is 2. The summed E-state index contributed by atoms with van der Waals surface area (Å²) in [6.45, 7) is 4.94. The van der Waals surface area contributed by atoms with E-state index >= 15 is 0 Å². The lowest BCUT2D eigenvalue weighted by atomic mass is 9.80. The van der Waals surface area contributed by atoms with Crippen LogP contribution < -0.4 is 5.73 Å². The second kappa shape index (κ2) is 6.75. The molecule has 0 aromatic rings. The first-order valence-electron chi connectivity index (χ1n) is 7.81. The average Bonchev–Trinajstić information content (AvgIpc) is 2.30. The van der Waals surface area contributed by atoms with E-state index in [1.165, 1.54) is 70.9 Å². The molecule has 0 radical (unpaired) electrons. The third kappa shape index (κ3) is 3.69. The molecule has 2 fully saturated rings. The molecule has 2 rings (SSSR count). The summed E-state index contributed by atoms with van der Waals surface area (Å²) in [4.78, 5) is 2.73. The van der Waals surface area contributed by atoms with Crippen molar-refractivity contribution >= 4 is 0 Å². The van der Waals surface area contributed by atoms with Gasteiger partial charge < -0.3 is 5.73 Å². The highest BCUT2D eigenvalue weighted by Crippen LogP contribution is 2.30. The quantitative estimate of drug-likeness (QED) is 0.800. The van der Waals surface area contributed by atoms with Crippen LogP contribution in [-0.4, -0.2) is 30.1 Å². The average molecular weight is 238 g/mol. The molecule has 0 aromatic carbocycles. The molecule has 1 aliphatic carbocycles. The summed E-state index contributed by atoms with van der Waals surface area (Å²) in [6, 6.07) is 1.13. The van der Waals surface area contributed by atoms with Gasteiger partial charge in [-0.05, 0) is 51.1 Å². The summed E-state index contributed by atoms with van der Waals surface area (Å²) in [5, 5.41) is 0. The second-order valence-electron chi connectivity index (χ2n) is 6.12. The van der Waals surface area contributed by atoms with E-state index in [0.717, 1.165) is 5.92 Å². The molecule has 2 nitrogen and oxygen atoms in total. The maximum atomic E-state index is 6.38. The van der Waals surface area contributed by atoms with Gasteiger partial charge in [0.2, 0.25) is 0 Å². The summed E-state index contributed by atoms with van der Waals surface area (Å²) < 4.78 is 0. The van der Waals surface area contributed by atoms with Crippen molar-refractivity contribution in [3.05, 3.63) is 0 Å². The van der Waals surface area contributed by atoms with Gasteiger partial charge in [0.25, 0.3) is 0 Å². The molecule has 1 aliphatic heterocycles. The Bertz CT molecular complexity index is 209. The highest BCUT2D eigenvalue weighted by molar-refractivity contribution is 4.89. The Morgan fingerprint density at radius 2 is 1.65 bits per heavy atom. The molecular weight excluding hydrogens is 208 g/mol. The largest absolute Gasteiger partial charge is 0.326 e. The Morgan fingerprint density at radius 1 is 1.00 bits per heavy atom. The first kappa shape index (κ1) is 13.4. The van der Waals surface area contributed by atoms with Crippen LogP contribution in [0.4, 0.5) is 0 Å². The van der Waals surface area contributed by atoms with Crippen molar-refractivity contribution in [3.63, 3.8) is 0 Å². The van der Waals surface area contributed by atoms with Crippen molar-refractivity contribution < 1.29 is 0 Å². The summed E-state index contributed by atoms with van der Waals surface area (Å²) in [6.07, 6.45) is 12.4. The Balaban J connectivity index is 1.92. The normalized spacial score (nSPS) is 37.4. The van der Waals surface area contributed by atoms with E-state index in [-0.39, 0.29) is 0 Å². The fourth-order valence-electron chi connectivity index (χ4n) is 3.65. The molecule has 0 aromatic heterocycles. The van der Waals surface area contributed by atoms with Crippen molar-refractivity contribution in [1.29, 1.82) is 0 Å². The lowest BCUT2D eigenvalue weighted by molar-refractivity contribution is 0.101. The minimum atomic E-state index is 0.442. The van der Waals surface area contributed by atoms with Crippen molar-refractivity contribution in [3.8, 4) is 0 Å². The van der Waals surface area contributed by atoms with Gasteiger partial charge in [0.05, 0.1) is 0 Å². The fraction of sp³-hybridized carbons (Fsp3) is 1.00. The fourth-order valence-corrected chi connectivity index (χ4v) is 3.65. The van der Waals surface area contributed by atoms with Crippen LogP contribution in [0, 0.1) is 5.92 Å². The number of nitrogens with zero attached hydrogens (tertiary/aromatic N) is 1. The van der Waals surface area contributed by atoms with E-state index in [1.54, 1.807) is 0 Å². The number of hydrogen-bond donors (Lipinski definition) is 1. The van der Waals surface area contributed by atoms with E-state index in [9.17, 15) is 0 Å². The topological polar surface area (TPSA) is 29.3 Å². The van der Waals surface area contributed by atoms with E-state index in [2.05, 4.69) is 11.8 Å². The highest BCUT2D eigenvalue weighted by atomic mass is 15.2. The lowest BCUT2D eigenvalue weighted by Crippen LogP contribution is -2.52. The molecule has 3 atom stereocenters. The smallest absolute Gasteiger partial charge is 0.0249 e. The number of likely N-dealkylation sites (tertiary alicyclic amines) is 1.